The molecule has 1 N–H and O–H groups in total. The molecule has 96 valence electrons. The molecule has 0 fully saturated rings. The van der Waals surface area contributed by atoms with Crippen molar-refractivity contribution >= 4 is 5.69 Å². The maximum absolute atomic E-state index is 13.3. The monoisotopic (exact) mass is 258 g/mol. The molecule has 2 nitrogen and oxygen atoms in total. The third-order valence-corrected chi connectivity index (χ3v) is 2.66. The first-order chi connectivity index (χ1) is 9.08. The van der Waals surface area contributed by atoms with E-state index in [1.807, 2.05) is 6.07 Å². The number of nitrogens with zero attached hydrogens (tertiary/aromatic N) is 1. The first kappa shape index (κ1) is 13.0. The van der Waals surface area contributed by atoms with E-state index >= 15 is 0 Å². The van der Waals surface area contributed by atoms with Crippen LogP contribution in [-0.2, 0) is 0 Å². The van der Waals surface area contributed by atoms with Gasteiger partial charge in [-0.2, -0.15) is 5.26 Å². The van der Waals surface area contributed by atoms with Crippen LogP contribution in [0.5, 0.6) is 0 Å². The Morgan fingerprint density at radius 2 is 1.89 bits per heavy atom. The molecule has 0 aliphatic rings. The minimum Gasteiger partial charge on any atom is -0.366 e. The Bertz CT molecular complexity index is 612. The lowest BCUT2D eigenvalue weighted by Crippen LogP contribution is -2.09. The van der Waals surface area contributed by atoms with Crippen LogP contribution < -0.4 is 5.32 Å². The van der Waals surface area contributed by atoms with Gasteiger partial charge in [0.15, 0.2) is 0 Å². The summed E-state index contributed by atoms with van der Waals surface area (Å²) in [4.78, 5) is 0. The minimum atomic E-state index is -0.725. The van der Waals surface area contributed by atoms with E-state index in [0.717, 1.165) is 5.56 Å². The number of hydrogen-bond donors (Lipinski definition) is 1. The van der Waals surface area contributed by atoms with E-state index in [4.69, 9.17) is 5.26 Å². The summed E-state index contributed by atoms with van der Waals surface area (Å²) in [6.07, 6.45) is 0. The van der Waals surface area contributed by atoms with Crippen molar-refractivity contribution in [1.82, 2.24) is 0 Å². The fourth-order valence-electron chi connectivity index (χ4n) is 1.86. The zero-order valence-electron chi connectivity index (χ0n) is 10.3. The topological polar surface area (TPSA) is 35.8 Å². The van der Waals surface area contributed by atoms with Gasteiger partial charge < -0.3 is 5.32 Å². The van der Waals surface area contributed by atoms with Gasteiger partial charge in [-0.05, 0) is 48.4 Å². The average molecular weight is 258 g/mol. The SMILES string of the molecule is Cc1cc(F)cc(NC(C#N)c2cccc(F)c2)c1. The van der Waals surface area contributed by atoms with Gasteiger partial charge in [0, 0.05) is 5.69 Å². The fraction of sp³-hybridized carbons (Fsp3) is 0.133. The zero-order chi connectivity index (χ0) is 13.8. The molecule has 0 aliphatic heterocycles. The molecule has 0 saturated carbocycles. The highest BCUT2D eigenvalue weighted by atomic mass is 19.1. The summed E-state index contributed by atoms with van der Waals surface area (Å²) in [5.74, 6) is -0.784. The van der Waals surface area contributed by atoms with Gasteiger partial charge >= 0.3 is 0 Å². The second-order valence-electron chi connectivity index (χ2n) is 4.28. The smallest absolute Gasteiger partial charge is 0.140 e. The molecule has 0 aromatic heterocycles. The molecule has 0 saturated heterocycles. The molecule has 2 rings (SSSR count). The Kier molecular flexibility index (Phi) is 3.76. The van der Waals surface area contributed by atoms with Gasteiger partial charge in [-0.25, -0.2) is 8.78 Å². The van der Waals surface area contributed by atoms with Crippen molar-refractivity contribution in [2.45, 2.75) is 13.0 Å². The van der Waals surface area contributed by atoms with Crippen LogP contribution in [0, 0.1) is 29.9 Å². The van der Waals surface area contributed by atoms with Crippen molar-refractivity contribution in [2.24, 2.45) is 0 Å². The van der Waals surface area contributed by atoms with Crippen molar-refractivity contribution in [2.75, 3.05) is 5.32 Å². The Morgan fingerprint density at radius 1 is 1.11 bits per heavy atom. The molecular weight excluding hydrogens is 246 g/mol. The van der Waals surface area contributed by atoms with Crippen molar-refractivity contribution < 1.29 is 8.78 Å². The van der Waals surface area contributed by atoms with Crippen molar-refractivity contribution in [3.63, 3.8) is 0 Å². The zero-order valence-corrected chi connectivity index (χ0v) is 10.3. The van der Waals surface area contributed by atoms with E-state index < -0.39 is 11.9 Å². The van der Waals surface area contributed by atoms with Gasteiger partial charge in [-0.3, -0.25) is 0 Å². The number of benzene rings is 2. The van der Waals surface area contributed by atoms with Gasteiger partial charge in [0.2, 0.25) is 0 Å². The number of nitriles is 1. The number of halogens is 2. The highest BCUT2D eigenvalue weighted by Gasteiger charge is 2.11. The molecule has 19 heavy (non-hydrogen) atoms. The summed E-state index contributed by atoms with van der Waals surface area (Å²) in [7, 11) is 0. The quantitative estimate of drug-likeness (QED) is 0.904. The van der Waals surface area contributed by atoms with Crippen LogP contribution in [0.1, 0.15) is 17.2 Å². The number of anilines is 1. The molecule has 0 aliphatic carbocycles. The van der Waals surface area contributed by atoms with E-state index in [-0.39, 0.29) is 5.82 Å². The van der Waals surface area contributed by atoms with E-state index in [9.17, 15) is 8.78 Å². The van der Waals surface area contributed by atoms with E-state index in [1.54, 1.807) is 19.1 Å². The first-order valence-electron chi connectivity index (χ1n) is 5.77. The fourth-order valence-corrected chi connectivity index (χ4v) is 1.86. The van der Waals surface area contributed by atoms with Crippen molar-refractivity contribution in [1.29, 1.82) is 5.26 Å². The van der Waals surface area contributed by atoms with E-state index in [1.165, 1.54) is 30.3 Å². The van der Waals surface area contributed by atoms with Crippen molar-refractivity contribution in [3.05, 3.63) is 65.2 Å². The van der Waals surface area contributed by atoms with Gasteiger partial charge in [0.05, 0.1) is 6.07 Å². The predicted molar refractivity (Wildman–Crippen MR) is 69.5 cm³/mol. The predicted octanol–water partition coefficient (Wildman–Crippen LogP) is 3.95. The van der Waals surface area contributed by atoms with Gasteiger partial charge in [-0.1, -0.05) is 12.1 Å². The van der Waals surface area contributed by atoms with E-state index in [2.05, 4.69) is 5.32 Å². The highest BCUT2D eigenvalue weighted by Crippen LogP contribution is 2.21. The van der Waals surface area contributed by atoms with Crippen LogP contribution in [-0.4, -0.2) is 0 Å². The first-order valence-corrected chi connectivity index (χ1v) is 5.77. The largest absolute Gasteiger partial charge is 0.366 e. The molecule has 0 bridgehead atoms. The van der Waals surface area contributed by atoms with Crippen LogP contribution in [0.15, 0.2) is 42.5 Å². The Labute approximate surface area is 110 Å². The number of rotatable bonds is 3. The van der Waals surface area contributed by atoms with Crippen LogP contribution in [0.25, 0.3) is 0 Å². The summed E-state index contributed by atoms with van der Waals surface area (Å²) < 4.78 is 26.4. The molecule has 1 unspecified atom stereocenters. The molecule has 1 atom stereocenters. The van der Waals surface area contributed by atoms with Crippen LogP contribution in [0.2, 0.25) is 0 Å². The molecule has 0 amide bonds. The lowest BCUT2D eigenvalue weighted by atomic mass is 10.1. The van der Waals surface area contributed by atoms with E-state index in [0.29, 0.717) is 11.3 Å². The minimum absolute atomic E-state index is 0.376. The van der Waals surface area contributed by atoms with Crippen molar-refractivity contribution in [3.8, 4) is 6.07 Å². The average Bonchev–Trinajstić information content (AvgIpc) is 2.34. The van der Waals surface area contributed by atoms with Gasteiger partial charge in [0.1, 0.15) is 17.7 Å². The molecule has 0 heterocycles. The Hall–Kier alpha value is -2.41. The molecule has 2 aromatic carbocycles. The Balaban J connectivity index is 2.27. The van der Waals surface area contributed by atoms with Gasteiger partial charge in [-0.15, -0.1) is 0 Å². The third kappa shape index (κ3) is 3.29. The normalized spacial score (nSPS) is 11.7. The summed E-state index contributed by atoms with van der Waals surface area (Å²) in [5.41, 5.74) is 1.75. The lowest BCUT2D eigenvalue weighted by molar-refractivity contribution is 0.624. The Morgan fingerprint density at radius 3 is 2.53 bits per heavy atom. The van der Waals surface area contributed by atoms with Crippen LogP contribution in [0.4, 0.5) is 14.5 Å². The maximum atomic E-state index is 13.3. The van der Waals surface area contributed by atoms with Crippen LogP contribution in [0.3, 0.4) is 0 Å². The lowest BCUT2D eigenvalue weighted by Gasteiger charge is -2.14. The summed E-state index contributed by atoms with van der Waals surface area (Å²) >= 11 is 0. The highest BCUT2D eigenvalue weighted by molar-refractivity contribution is 5.49. The number of nitrogens with one attached hydrogen (secondary N) is 1. The third-order valence-electron chi connectivity index (χ3n) is 2.66. The summed E-state index contributed by atoms with van der Waals surface area (Å²) in [6, 6.07) is 11.5. The number of hydrogen-bond acceptors (Lipinski definition) is 2. The number of aryl methyl sites for hydroxylation is 1. The molecule has 0 radical (unpaired) electrons. The molecule has 0 spiro atoms. The standard InChI is InChI=1S/C15H12F2N2/c1-10-5-13(17)8-14(6-10)19-15(9-18)11-3-2-4-12(16)7-11/h2-8,15,19H,1H3. The second-order valence-corrected chi connectivity index (χ2v) is 4.28. The molecule has 2 aromatic rings. The molecular formula is C15H12F2N2. The van der Waals surface area contributed by atoms with Crippen LogP contribution >= 0.6 is 0 Å². The molecule has 4 heteroatoms. The van der Waals surface area contributed by atoms with Gasteiger partial charge in [0.25, 0.3) is 0 Å². The summed E-state index contributed by atoms with van der Waals surface area (Å²) in [5, 5.41) is 12.0. The maximum Gasteiger partial charge on any atom is 0.140 e. The summed E-state index contributed by atoms with van der Waals surface area (Å²) in [6.45, 7) is 1.76. The second kappa shape index (κ2) is 5.49.